The van der Waals surface area contributed by atoms with Gasteiger partial charge in [-0.3, -0.25) is 19.2 Å². The molecule has 0 saturated heterocycles. The van der Waals surface area contributed by atoms with E-state index in [2.05, 4.69) is 9.69 Å². The maximum Gasteiger partial charge on any atom is 0.528 e. The summed E-state index contributed by atoms with van der Waals surface area (Å²) in [4.78, 5) is 90.7. The monoisotopic (exact) mass is 1310 g/mol. The van der Waals surface area contributed by atoms with Gasteiger partial charge in [-0.25, -0.2) is 37.5 Å². The van der Waals surface area contributed by atoms with Crippen LogP contribution in [-0.4, -0.2) is 31.5 Å². The molecule has 7 aromatic carbocycles. The topological polar surface area (TPSA) is 195 Å². The first-order valence-corrected chi connectivity index (χ1v) is 31.8. The van der Waals surface area contributed by atoms with Gasteiger partial charge in [0, 0.05) is 91.2 Å². The number of benzene rings is 5. The van der Waals surface area contributed by atoms with E-state index in [0.717, 1.165) is 39.6 Å². The number of hydrogen-bond donors (Lipinski definition) is 0. The molecule has 0 bridgehead atoms. The van der Waals surface area contributed by atoms with Crippen molar-refractivity contribution < 1.29 is 36.6 Å². The minimum Gasteiger partial charge on any atom is -0.482 e. The van der Waals surface area contributed by atoms with Gasteiger partial charge in [0.1, 0.15) is 97.7 Å². The Kier molecular flexibility index (Phi) is 11.7. The zero-order valence-electron chi connectivity index (χ0n) is 48.6. The van der Waals surface area contributed by atoms with Crippen molar-refractivity contribution in [1.29, 1.82) is 10.5 Å². The zero-order valence-corrected chi connectivity index (χ0v) is 51.8. The van der Waals surface area contributed by atoms with Crippen molar-refractivity contribution in [1.82, 2.24) is 19.9 Å². The smallest absolute Gasteiger partial charge is 0.482 e. The third kappa shape index (κ3) is 7.73. The summed E-state index contributed by atoms with van der Waals surface area (Å²) in [7, 11) is 0. The Bertz CT molecular complexity index is 6300. The molecule has 17 rings (SSSR count). The lowest BCUT2D eigenvalue weighted by Crippen LogP contribution is -2.27. The minimum absolute atomic E-state index is 0.0709. The van der Waals surface area contributed by atoms with Gasteiger partial charge in [-0.1, -0.05) is 48.5 Å². The van der Waals surface area contributed by atoms with Gasteiger partial charge in [0.2, 0.25) is 10.9 Å². The van der Waals surface area contributed by atoms with Gasteiger partial charge in [-0.05, 0) is 99.5 Å². The van der Waals surface area contributed by atoms with Gasteiger partial charge in [0.15, 0.2) is 34.8 Å². The van der Waals surface area contributed by atoms with Crippen LogP contribution < -0.4 is 20.3 Å². The predicted octanol–water partition coefficient (Wildman–Crippen LogP) is 17.4. The van der Waals surface area contributed by atoms with Crippen LogP contribution in [0.2, 0.25) is 0 Å². The molecule has 0 N–H and O–H groups in total. The molecule has 94 heavy (non-hydrogen) atoms. The number of carbonyl (C=O) groups is 2. The highest BCUT2D eigenvalue weighted by Gasteiger charge is 2.43. The number of ketones is 2. The normalized spacial score (nSPS) is 15.7. The molecule has 2 aliphatic heterocycles. The number of hydrogen-bond acceptors (Lipinski definition) is 16. The van der Waals surface area contributed by atoms with Gasteiger partial charge < -0.3 is 9.47 Å². The molecule has 8 heterocycles. The second-order valence-corrected chi connectivity index (χ2v) is 27.9. The van der Waals surface area contributed by atoms with Gasteiger partial charge in [-0.15, -0.1) is 45.3 Å². The number of thiophene rings is 4. The summed E-state index contributed by atoms with van der Waals surface area (Å²) < 4.78 is 72.7. The van der Waals surface area contributed by atoms with E-state index >= 15 is 0 Å². The minimum atomic E-state index is -1.27. The number of fused-ring (bicyclic) bond motifs is 16. The molecule has 0 fully saturated rings. The lowest BCUT2D eigenvalue weighted by molar-refractivity contribution is 0.103. The molecule has 0 amide bonds. The molecule has 0 atom stereocenters. The van der Waals surface area contributed by atoms with E-state index in [1.807, 2.05) is 58.0 Å². The largest absolute Gasteiger partial charge is 0.528 e. The van der Waals surface area contributed by atoms with E-state index in [9.17, 15) is 47.3 Å². The first-order valence-electron chi connectivity index (χ1n) is 28.6. The third-order valence-electron chi connectivity index (χ3n) is 17.5. The van der Waals surface area contributed by atoms with Crippen LogP contribution in [0.1, 0.15) is 80.4 Å². The highest BCUT2D eigenvalue weighted by atomic mass is 32.1. The van der Waals surface area contributed by atoms with E-state index in [-0.39, 0.29) is 77.5 Å². The number of rotatable bonds is 4. The number of nitriles is 2. The molecule has 0 radical (unpaired) electrons. The zero-order chi connectivity index (χ0) is 65.0. The number of Topliss-reactive ketones (excluding diaryl/α,β-unsaturated/α-hetero) is 2. The van der Waals surface area contributed by atoms with Crippen LogP contribution >= 0.6 is 45.3 Å². The Labute approximate surface area is 541 Å². The average molecular weight is 1310 g/mol. The van der Waals surface area contributed by atoms with Gasteiger partial charge in [-0.2, -0.15) is 20.2 Å². The molecule has 0 saturated carbocycles. The second kappa shape index (κ2) is 19.5. The average Bonchev–Trinajstić information content (AvgIpc) is 1.43. The highest BCUT2D eigenvalue weighted by molar-refractivity contribution is 7.25. The van der Waals surface area contributed by atoms with E-state index in [4.69, 9.17) is 42.6 Å². The summed E-state index contributed by atoms with van der Waals surface area (Å²) >= 11 is 5.23. The van der Waals surface area contributed by atoms with Gasteiger partial charge in [0.05, 0.1) is 25.1 Å². The maximum absolute atomic E-state index is 14.8. The molecule has 6 aromatic heterocycles. The third-order valence-corrected chi connectivity index (χ3v) is 22.3. The van der Waals surface area contributed by atoms with Gasteiger partial charge >= 0.3 is 5.82 Å². The van der Waals surface area contributed by atoms with E-state index in [1.165, 1.54) is 57.5 Å². The van der Waals surface area contributed by atoms with Crippen molar-refractivity contribution in [2.24, 2.45) is 0 Å². The fourth-order valence-electron chi connectivity index (χ4n) is 13.3. The van der Waals surface area contributed by atoms with Gasteiger partial charge in [0.25, 0.3) is 0 Å². The Morgan fingerprint density at radius 1 is 0.489 bits per heavy atom. The molecule has 14 nitrogen and oxygen atoms in total. The number of nitrogens with zero attached hydrogens (tertiary/aromatic N) is 8. The van der Waals surface area contributed by atoms with Crippen LogP contribution in [0, 0.1) is 59.1 Å². The summed E-state index contributed by atoms with van der Waals surface area (Å²) in [5.41, 5.74) is 0.0352. The van der Waals surface area contributed by atoms with Crippen molar-refractivity contribution in [2.75, 3.05) is 0 Å². The Balaban J connectivity index is 0.906. The van der Waals surface area contributed by atoms with Crippen LogP contribution in [0.3, 0.4) is 0 Å². The SMILES string of the molecule is [C-]#[N+]C([N+]#[C-])=C1/C(=C/c2cc3c(s2)-c2sc(-c4c5nc6c(=O)c7ccccc7c6nc5c(-c5cc6c(s5)-c5sc(/C=C7\C(=O)c8cc(F)c(F)cc8C7=C(C#N)C#N)cc5C(C)(C)O6)c5nc6c(=O)c7ccccc7c6nc45)cc2C(C)(C)O3)C(=O)c2cc(F)c(F)cc21. The number of ether oxygens (including phenoxy) is 2. The molecule has 2 aliphatic carbocycles. The Morgan fingerprint density at radius 3 is 1.39 bits per heavy atom. The van der Waals surface area contributed by atoms with Crippen molar-refractivity contribution in [2.45, 2.75) is 38.9 Å². The van der Waals surface area contributed by atoms with Crippen LogP contribution in [0.15, 0.2) is 129 Å². The Hall–Kier alpha value is -11.5. The molecule has 4 aliphatic rings. The quantitative estimate of drug-likeness (QED) is 0.0533. The fourth-order valence-corrected chi connectivity index (χ4v) is 18.4. The number of carbonyl (C=O) groups excluding carboxylic acids is 2. The first-order chi connectivity index (χ1) is 45.2. The maximum atomic E-state index is 14.8. The molecule has 22 heteroatoms. The number of aromatic nitrogens is 4. The van der Waals surface area contributed by atoms with E-state index in [1.54, 1.807) is 54.6 Å². The van der Waals surface area contributed by atoms with Crippen molar-refractivity contribution >= 4 is 146 Å². The fraction of sp³-hybridized carbons (Fsp3) is 0.0833. The second-order valence-electron chi connectivity index (χ2n) is 23.6. The van der Waals surface area contributed by atoms with E-state index in [0.29, 0.717) is 101 Å². The standard InChI is InChI=1S/C72H30F4N8O6S4/c1-71(2)40-17-28(15-38-50(27(25-77)26-78)34-19-42(73)44(75)21-36(34)62(38)85)91-66(40)69-47(90-71)24-49(94-69)53-57-58(83-60-55(82-57)31-12-8-10-14-33(31)64(60)87)52(56-59(53)84-61-54(81-56)30-11-7-9-13-32(30)65(61)88)48-23-41-67(93-48)68-46(89-72(41,3)4)18-29(92-68)16-39-51(70(79-5)80-6)35-20-43(74)45(76)22-37(35)63(39)86/h7-24H,1-4H3/b38-15-,39-16-. The molecule has 446 valence electrons. The molecular weight excluding hydrogens is 1280 g/mol. The van der Waals surface area contributed by atoms with Crippen LogP contribution in [0.5, 0.6) is 11.5 Å². The Morgan fingerprint density at radius 2 is 0.883 bits per heavy atom. The van der Waals surface area contributed by atoms with Crippen molar-refractivity contribution in [3.05, 3.63) is 229 Å². The molecule has 0 unspecified atom stereocenters. The first kappa shape index (κ1) is 56.5. The lowest BCUT2D eigenvalue weighted by Gasteiger charge is -2.31. The predicted molar refractivity (Wildman–Crippen MR) is 354 cm³/mol. The summed E-state index contributed by atoms with van der Waals surface area (Å²) in [6.07, 6.45) is 3.00. The number of halogens is 4. The van der Waals surface area contributed by atoms with Crippen LogP contribution in [0.4, 0.5) is 17.6 Å². The summed E-state index contributed by atoms with van der Waals surface area (Å²) in [6, 6.07) is 28.3. The summed E-state index contributed by atoms with van der Waals surface area (Å²) in [5, 5.41) is 22.0. The lowest BCUT2D eigenvalue weighted by atomic mass is 9.93. The summed E-state index contributed by atoms with van der Waals surface area (Å²) in [5.74, 6) is -6.03. The molecule has 13 aromatic rings. The van der Waals surface area contributed by atoms with Crippen LogP contribution in [-0.2, 0) is 11.2 Å². The highest BCUT2D eigenvalue weighted by Crippen LogP contribution is 2.59. The molecular formula is C72H30F4N8O6S4. The van der Waals surface area contributed by atoms with Crippen LogP contribution in [0.25, 0.3) is 139 Å². The van der Waals surface area contributed by atoms with Crippen molar-refractivity contribution in [3.63, 3.8) is 0 Å². The van der Waals surface area contributed by atoms with E-state index < -0.39 is 57.4 Å². The number of allylic oxidation sites excluding steroid dienone is 5. The molecule has 0 spiro atoms. The van der Waals surface area contributed by atoms with Crippen molar-refractivity contribution in [3.8, 4) is 64.0 Å². The summed E-state index contributed by atoms with van der Waals surface area (Å²) in [6.45, 7) is 23.1.